The maximum atomic E-state index is 11.0. The van der Waals surface area contributed by atoms with E-state index in [1.807, 2.05) is 30.3 Å². The zero-order valence-electron chi connectivity index (χ0n) is 8.40. The Balaban J connectivity index is 2.17. The van der Waals surface area contributed by atoms with Gasteiger partial charge in [-0.3, -0.25) is 0 Å². The highest BCUT2D eigenvalue weighted by molar-refractivity contribution is 5.67. The molecule has 0 heterocycles. The molecule has 15 heavy (non-hydrogen) atoms. The van der Waals surface area contributed by atoms with E-state index in [4.69, 9.17) is 11.2 Å². The van der Waals surface area contributed by atoms with E-state index in [2.05, 4.69) is 11.2 Å². The third-order valence-electron chi connectivity index (χ3n) is 1.80. The van der Waals surface area contributed by atoms with Gasteiger partial charge in [-0.15, -0.1) is 6.42 Å². The second kappa shape index (κ2) is 6.50. The summed E-state index contributed by atoms with van der Waals surface area (Å²) in [5.41, 5.74) is 1.14. The minimum absolute atomic E-state index is 0.199. The molecule has 0 bridgehead atoms. The molecule has 0 radical (unpaired) electrons. The van der Waals surface area contributed by atoms with Crippen LogP contribution >= 0.6 is 0 Å². The maximum Gasteiger partial charge on any atom is 0.407 e. The van der Waals surface area contributed by atoms with Crippen LogP contribution in [0.25, 0.3) is 0 Å². The van der Waals surface area contributed by atoms with Crippen molar-refractivity contribution in [2.45, 2.75) is 6.42 Å². The van der Waals surface area contributed by atoms with E-state index in [1.54, 1.807) is 0 Å². The lowest BCUT2D eigenvalue weighted by molar-refractivity contribution is 0.149. The second-order valence-corrected chi connectivity index (χ2v) is 2.93. The molecule has 3 nitrogen and oxygen atoms in total. The molecule has 0 spiro atoms. The molecule has 1 rings (SSSR count). The normalized spacial score (nSPS) is 9.00. The van der Waals surface area contributed by atoms with E-state index in [1.165, 1.54) is 0 Å². The number of ether oxygens (including phenoxy) is 1. The van der Waals surface area contributed by atoms with Crippen molar-refractivity contribution >= 4 is 6.09 Å². The second-order valence-electron chi connectivity index (χ2n) is 2.93. The molecular weight excluding hydrogens is 190 g/mol. The lowest BCUT2D eigenvalue weighted by atomic mass is 10.2. The number of nitrogens with one attached hydrogen (secondary N) is 1. The molecule has 0 unspecified atom stereocenters. The quantitative estimate of drug-likeness (QED) is 0.755. The van der Waals surface area contributed by atoms with Gasteiger partial charge in [0.25, 0.3) is 0 Å². The molecule has 1 N–H and O–H groups in total. The molecule has 0 saturated carbocycles. The van der Waals surface area contributed by atoms with Crippen LogP contribution in [0.15, 0.2) is 30.3 Å². The monoisotopic (exact) mass is 203 g/mol. The minimum Gasteiger partial charge on any atom is -0.449 e. The molecular formula is C12H13NO2. The van der Waals surface area contributed by atoms with Crippen LogP contribution in [-0.2, 0) is 11.2 Å². The molecule has 1 aromatic carbocycles. The summed E-state index contributed by atoms with van der Waals surface area (Å²) in [6.07, 6.45) is 5.22. The van der Waals surface area contributed by atoms with Crippen molar-refractivity contribution in [1.29, 1.82) is 0 Å². The van der Waals surface area contributed by atoms with Gasteiger partial charge in [0.2, 0.25) is 0 Å². The highest BCUT2D eigenvalue weighted by Gasteiger charge is 1.99. The van der Waals surface area contributed by atoms with E-state index in [0.29, 0.717) is 13.0 Å². The molecule has 0 saturated heterocycles. The molecule has 0 aliphatic rings. The van der Waals surface area contributed by atoms with Gasteiger partial charge in [-0.1, -0.05) is 36.3 Å². The van der Waals surface area contributed by atoms with Gasteiger partial charge in [0.1, 0.15) is 0 Å². The van der Waals surface area contributed by atoms with Crippen LogP contribution < -0.4 is 5.32 Å². The van der Waals surface area contributed by atoms with Crippen molar-refractivity contribution in [1.82, 2.24) is 5.32 Å². The third-order valence-corrected chi connectivity index (χ3v) is 1.80. The average Bonchev–Trinajstić information content (AvgIpc) is 2.28. The third kappa shape index (κ3) is 4.72. The Morgan fingerprint density at radius 1 is 1.40 bits per heavy atom. The molecule has 0 atom stereocenters. The van der Waals surface area contributed by atoms with Crippen LogP contribution in [0.4, 0.5) is 4.79 Å². The van der Waals surface area contributed by atoms with Gasteiger partial charge >= 0.3 is 6.09 Å². The average molecular weight is 203 g/mol. The van der Waals surface area contributed by atoms with Crippen LogP contribution in [0.3, 0.4) is 0 Å². The van der Waals surface area contributed by atoms with Gasteiger partial charge in [0, 0.05) is 6.42 Å². The summed E-state index contributed by atoms with van der Waals surface area (Å²) in [7, 11) is 0. The zero-order valence-corrected chi connectivity index (χ0v) is 8.40. The number of carbonyl (C=O) groups is 1. The lowest BCUT2D eigenvalue weighted by Gasteiger charge is -2.04. The van der Waals surface area contributed by atoms with Crippen LogP contribution in [0.1, 0.15) is 5.56 Å². The predicted molar refractivity (Wildman–Crippen MR) is 58.3 cm³/mol. The number of benzene rings is 1. The summed E-state index contributed by atoms with van der Waals surface area (Å²) < 4.78 is 4.90. The Labute approximate surface area is 89.4 Å². The van der Waals surface area contributed by atoms with Gasteiger partial charge < -0.3 is 10.1 Å². The van der Waals surface area contributed by atoms with Crippen LogP contribution in [0.5, 0.6) is 0 Å². The van der Waals surface area contributed by atoms with Crippen molar-refractivity contribution in [2.75, 3.05) is 13.2 Å². The molecule has 3 heteroatoms. The van der Waals surface area contributed by atoms with E-state index in [9.17, 15) is 4.79 Å². The Morgan fingerprint density at radius 3 is 2.80 bits per heavy atom. The highest BCUT2D eigenvalue weighted by Crippen LogP contribution is 1.99. The van der Waals surface area contributed by atoms with Crippen molar-refractivity contribution < 1.29 is 9.53 Å². The SMILES string of the molecule is C#CCNC(=O)OCCc1ccccc1. The van der Waals surface area contributed by atoms with Crippen LogP contribution in [0.2, 0.25) is 0 Å². The molecule has 1 aromatic rings. The Bertz CT molecular complexity index is 340. The summed E-state index contributed by atoms with van der Waals surface area (Å²) in [6.45, 7) is 0.560. The number of hydrogen-bond acceptors (Lipinski definition) is 2. The van der Waals surface area contributed by atoms with E-state index in [0.717, 1.165) is 5.56 Å². The molecule has 78 valence electrons. The van der Waals surface area contributed by atoms with Crippen molar-refractivity contribution in [3.63, 3.8) is 0 Å². The summed E-state index contributed by atoms with van der Waals surface area (Å²) in [5.74, 6) is 2.29. The van der Waals surface area contributed by atoms with Gasteiger partial charge in [-0.05, 0) is 5.56 Å². The fourth-order valence-electron chi connectivity index (χ4n) is 1.08. The standard InChI is InChI=1S/C12H13NO2/c1-2-9-13-12(14)15-10-8-11-6-4-3-5-7-11/h1,3-7H,8-10H2,(H,13,14). The fraction of sp³-hybridized carbons (Fsp3) is 0.250. The van der Waals surface area contributed by atoms with Gasteiger partial charge in [-0.2, -0.15) is 0 Å². The fourth-order valence-corrected chi connectivity index (χ4v) is 1.08. The first-order chi connectivity index (χ1) is 7.33. The highest BCUT2D eigenvalue weighted by atomic mass is 16.5. The molecule has 1 amide bonds. The van der Waals surface area contributed by atoms with Gasteiger partial charge in [0.15, 0.2) is 0 Å². The van der Waals surface area contributed by atoms with Crippen molar-refractivity contribution in [3.8, 4) is 12.3 Å². The first-order valence-electron chi connectivity index (χ1n) is 4.71. The molecule has 0 aliphatic heterocycles. The number of rotatable bonds is 4. The lowest BCUT2D eigenvalue weighted by Crippen LogP contribution is -2.25. The summed E-state index contributed by atoms with van der Waals surface area (Å²) in [5, 5.41) is 2.42. The Kier molecular flexibility index (Phi) is 4.82. The van der Waals surface area contributed by atoms with E-state index >= 15 is 0 Å². The van der Waals surface area contributed by atoms with Crippen LogP contribution in [-0.4, -0.2) is 19.2 Å². The predicted octanol–water partition coefficient (Wildman–Crippen LogP) is 1.59. The number of hydrogen-bond donors (Lipinski definition) is 1. The molecule has 0 aromatic heterocycles. The maximum absolute atomic E-state index is 11.0. The number of terminal acetylenes is 1. The van der Waals surface area contributed by atoms with Crippen molar-refractivity contribution in [3.05, 3.63) is 35.9 Å². The molecule has 0 fully saturated rings. The van der Waals surface area contributed by atoms with Gasteiger partial charge in [0.05, 0.1) is 13.2 Å². The zero-order chi connectivity index (χ0) is 10.9. The summed E-state index contributed by atoms with van der Waals surface area (Å²) in [6, 6.07) is 9.83. The number of carbonyl (C=O) groups excluding carboxylic acids is 1. The van der Waals surface area contributed by atoms with E-state index < -0.39 is 6.09 Å². The van der Waals surface area contributed by atoms with Gasteiger partial charge in [-0.25, -0.2) is 4.79 Å². The van der Waals surface area contributed by atoms with Crippen molar-refractivity contribution in [2.24, 2.45) is 0 Å². The Morgan fingerprint density at radius 2 is 2.13 bits per heavy atom. The first-order valence-corrected chi connectivity index (χ1v) is 4.71. The summed E-state index contributed by atoms with van der Waals surface area (Å²) >= 11 is 0. The van der Waals surface area contributed by atoms with E-state index in [-0.39, 0.29) is 6.54 Å². The minimum atomic E-state index is -0.469. The Hall–Kier alpha value is -1.95. The first kappa shape index (κ1) is 11.1. The summed E-state index contributed by atoms with van der Waals surface area (Å²) in [4.78, 5) is 11.0. The molecule has 0 aliphatic carbocycles. The largest absolute Gasteiger partial charge is 0.449 e. The van der Waals surface area contributed by atoms with Crippen LogP contribution in [0, 0.1) is 12.3 Å². The number of alkyl carbamates (subject to hydrolysis) is 1. The smallest absolute Gasteiger partial charge is 0.407 e. The topological polar surface area (TPSA) is 38.3 Å². The number of amides is 1.